The van der Waals surface area contributed by atoms with Gasteiger partial charge in [0.15, 0.2) is 0 Å². The fraction of sp³-hybridized carbons (Fsp3) is 0.833. The highest BCUT2D eigenvalue weighted by Gasteiger charge is 2.19. The van der Waals surface area contributed by atoms with Gasteiger partial charge in [-0.1, -0.05) is 52.9 Å². The van der Waals surface area contributed by atoms with Crippen LogP contribution in [0.1, 0.15) is 87.2 Å². The molecule has 0 aromatic carbocycles. The van der Waals surface area contributed by atoms with Gasteiger partial charge in [0.1, 0.15) is 0 Å². The summed E-state index contributed by atoms with van der Waals surface area (Å²) in [6.07, 6.45) is 10.9. The highest BCUT2D eigenvalue weighted by Crippen LogP contribution is 2.34. The third-order valence-corrected chi connectivity index (χ3v) is 5.68. The van der Waals surface area contributed by atoms with E-state index in [0.717, 1.165) is 25.4 Å². The molecule has 0 bridgehead atoms. The lowest BCUT2D eigenvalue weighted by Crippen LogP contribution is -2.18. The van der Waals surface area contributed by atoms with Gasteiger partial charge < -0.3 is 5.32 Å². The van der Waals surface area contributed by atoms with Crippen molar-refractivity contribution in [2.45, 2.75) is 84.6 Å². The van der Waals surface area contributed by atoms with Crippen molar-refractivity contribution in [2.75, 3.05) is 6.54 Å². The second-order valence-corrected chi connectivity index (χ2v) is 7.96. The third kappa shape index (κ3) is 5.37. The largest absolute Gasteiger partial charge is 0.312 e. The van der Waals surface area contributed by atoms with Gasteiger partial charge >= 0.3 is 0 Å². The van der Waals surface area contributed by atoms with E-state index in [4.69, 9.17) is 4.98 Å². The van der Waals surface area contributed by atoms with E-state index >= 15 is 0 Å². The maximum absolute atomic E-state index is 5.00. The first-order chi connectivity index (χ1) is 10.2. The Morgan fingerprint density at radius 3 is 2.43 bits per heavy atom. The molecule has 1 aliphatic carbocycles. The van der Waals surface area contributed by atoms with Crippen LogP contribution in [0.4, 0.5) is 0 Å². The molecule has 120 valence electrons. The zero-order chi connectivity index (χ0) is 15.1. The molecule has 3 heteroatoms. The van der Waals surface area contributed by atoms with E-state index in [9.17, 15) is 0 Å². The Balaban J connectivity index is 2.00. The molecule has 2 nitrogen and oxygen atoms in total. The van der Waals surface area contributed by atoms with Crippen LogP contribution in [0.2, 0.25) is 0 Å². The predicted octanol–water partition coefficient (Wildman–Crippen LogP) is 5.28. The smallest absolute Gasteiger partial charge is 0.0962 e. The monoisotopic (exact) mass is 308 g/mol. The molecule has 2 rings (SSSR count). The minimum atomic E-state index is 0.716. The molecule has 1 fully saturated rings. The number of rotatable bonds is 6. The molecule has 0 spiro atoms. The molecule has 1 aliphatic rings. The van der Waals surface area contributed by atoms with Crippen molar-refractivity contribution >= 4 is 11.3 Å². The Labute approximate surface area is 134 Å². The normalized spacial score (nSPS) is 17.9. The highest BCUT2D eigenvalue weighted by molar-refractivity contribution is 7.11. The van der Waals surface area contributed by atoms with Crippen LogP contribution in [0.5, 0.6) is 0 Å². The van der Waals surface area contributed by atoms with E-state index in [1.807, 2.05) is 11.3 Å². The molecule has 0 saturated heterocycles. The summed E-state index contributed by atoms with van der Waals surface area (Å²) in [6, 6.07) is 0. The van der Waals surface area contributed by atoms with Crippen LogP contribution >= 0.6 is 11.3 Å². The summed E-state index contributed by atoms with van der Waals surface area (Å²) < 4.78 is 0. The molecule has 1 N–H and O–H groups in total. The Hall–Kier alpha value is -0.410. The number of nitrogens with zero attached hydrogens (tertiary/aromatic N) is 1. The van der Waals surface area contributed by atoms with Crippen LogP contribution in [0.25, 0.3) is 0 Å². The molecular formula is C18H32N2S. The van der Waals surface area contributed by atoms with Gasteiger partial charge in [0, 0.05) is 17.3 Å². The molecule has 0 aliphatic heterocycles. The molecule has 21 heavy (non-hydrogen) atoms. The standard InChI is InChI=1S/C18H32N2S/c1-4-16-17(13-19-12-14(2)3)21-18(20-16)15-10-8-6-5-7-9-11-15/h14-15,19H,4-13H2,1-3H3. The van der Waals surface area contributed by atoms with E-state index in [2.05, 4.69) is 26.1 Å². The molecule has 1 heterocycles. The number of aryl methyl sites for hydroxylation is 1. The number of hydrogen-bond donors (Lipinski definition) is 1. The lowest BCUT2D eigenvalue weighted by atomic mass is 9.92. The van der Waals surface area contributed by atoms with Crippen molar-refractivity contribution in [1.82, 2.24) is 10.3 Å². The van der Waals surface area contributed by atoms with E-state index < -0.39 is 0 Å². The zero-order valence-electron chi connectivity index (χ0n) is 14.1. The summed E-state index contributed by atoms with van der Waals surface area (Å²) in [4.78, 5) is 6.48. The van der Waals surface area contributed by atoms with Gasteiger partial charge in [-0.15, -0.1) is 11.3 Å². The first-order valence-corrected chi connectivity index (χ1v) is 9.71. The average molecular weight is 309 g/mol. The van der Waals surface area contributed by atoms with Crippen LogP contribution in [0, 0.1) is 5.92 Å². The van der Waals surface area contributed by atoms with Crippen molar-refractivity contribution in [1.29, 1.82) is 0 Å². The second-order valence-electron chi connectivity index (χ2n) is 6.84. The van der Waals surface area contributed by atoms with Gasteiger partial charge in [-0.05, 0) is 31.7 Å². The van der Waals surface area contributed by atoms with Crippen molar-refractivity contribution in [3.63, 3.8) is 0 Å². The van der Waals surface area contributed by atoms with Crippen LogP contribution in [0.3, 0.4) is 0 Å². The van der Waals surface area contributed by atoms with Crippen LogP contribution in [-0.2, 0) is 13.0 Å². The summed E-state index contributed by atoms with van der Waals surface area (Å²) in [6.45, 7) is 8.87. The van der Waals surface area contributed by atoms with Crippen LogP contribution in [0.15, 0.2) is 0 Å². The minimum Gasteiger partial charge on any atom is -0.312 e. The van der Waals surface area contributed by atoms with Crippen molar-refractivity contribution < 1.29 is 0 Å². The highest BCUT2D eigenvalue weighted by atomic mass is 32.1. The first-order valence-electron chi connectivity index (χ1n) is 8.89. The third-order valence-electron chi connectivity index (χ3n) is 4.42. The van der Waals surface area contributed by atoms with Crippen molar-refractivity contribution in [3.8, 4) is 0 Å². The molecule has 1 aromatic rings. The van der Waals surface area contributed by atoms with Crippen LogP contribution < -0.4 is 5.32 Å². The Bertz CT molecular complexity index is 403. The molecule has 0 unspecified atom stereocenters. The van der Waals surface area contributed by atoms with Crippen molar-refractivity contribution in [2.24, 2.45) is 5.92 Å². The maximum Gasteiger partial charge on any atom is 0.0962 e. The summed E-state index contributed by atoms with van der Waals surface area (Å²) >= 11 is 1.98. The molecular weight excluding hydrogens is 276 g/mol. The lowest BCUT2D eigenvalue weighted by molar-refractivity contribution is 0.454. The minimum absolute atomic E-state index is 0.716. The van der Waals surface area contributed by atoms with Crippen molar-refractivity contribution in [3.05, 3.63) is 15.6 Å². The van der Waals surface area contributed by atoms with Gasteiger partial charge in [-0.25, -0.2) is 4.98 Å². The molecule has 0 radical (unpaired) electrons. The quantitative estimate of drug-likeness (QED) is 0.773. The summed E-state index contributed by atoms with van der Waals surface area (Å²) in [5, 5.41) is 5.01. The molecule has 0 atom stereocenters. The number of aromatic nitrogens is 1. The van der Waals surface area contributed by atoms with Gasteiger partial charge in [-0.2, -0.15) is 0 Å². The van der Waals surface area contributed by atoms with E-state index in [-0.39, 0.29) is 0 Å². The summed E-state index contributed by atoms with van der Waals surface area (Å²) in [7, 11) is 0. The van der Waals surface area contributed by atoms with Gasteiger partial charge in [0.2, 0.25) is 0 Å². The summed E-state index contributed by atoms with van der Waals surface area (Å²) in [5.41, 5.74) is 1.34. The second kappa shape index (κ2) is 8.89. The molecule has 0 amide bonds. The maximum atomic E-state index is 5.00. The fourth-order valence-electron chi connectivity index (χ4n) is 3.17. The lowest BCUT2D eigenvalue weighted by Gasteiger charge is -2.17. The van der Waals surface area contributed by atoms with E-state index in [1.165, 1.54) is 60.5 Å². The summed E-state index contributed by atoms with van der Waals surface area (Å²) in [5.74, 6) is 1.45. The van der Waals surface area contributed by atoms with Crippen LogP contribution in [-0.4, -0.2) is 11.5 Å². The van der Waals surface area contributed by atoms with E-state index in [0.29, 0.717) is 5.92 Å². The predicted molar refractivity (Wildman–Crippen MR) is 93.1 cm³/mol. The van der Waals surface area contributed by atoms with Gasteiger partial charge in [-0.3, -0.25) is 0 Å². The topological polar surface area (TPSA) is 24.9 Å². The number of hydrogen-bond acceptors (Lipinski definition) is 3. The molecule has 1 saturated carbocycles. The van der Waals surface area contributed by atoms with E-state index in [1.54, 1.807) is 0 Å². The Morgan fingerprint density at radius 2 is 1.81 bits per heavy atom. The Kier molecular flexibility index (Phi) is 7.18. The average Bonchev–Trinajstić information content (AvgIpc) is 2.81. The number of thiazole rings is 1. The van der Waals surface area contributed by atoms with Gasteiger partial charge in [0.05, 0.1) is 10.7 Å². The number of nitrogens with one attached hydrogen (secondary N) is 1. The molecule has 1 aromatic heterocycles. The zero-order valence-corrected chi connectivity index (χ0v) is 14.9. The Morgan fingerprint density at radius 1 is 1.14 bits per heavy atom. The first kappa shape index (κ1) is 17.0. The fourth-order valence-corrected chi connectivity index (χ4v) is 4.46. The SMILES string of the molecule is CCc1nc(C2CCCCCCC2)sc1CNCC(C)C. The van der Waals surface area contributed by atoms with Gasteiger partial charge in [0.25, 0.3) is 0 Å².